The number of rotatable bonds is 14. The lowest BCUT2D eigenvalue weighted by Crippen LogP contribution is -2.31. The van der Waals surface area contributed by atoms with Gasteiger partial charge in [-0.25, -0.2) is 4.98 Å². The molecule has 0 radical (unpaired) electrons. The van der Waals surface area contributed by atoms with Crippen molar-refractivity contribution in [2.24, 2.45) is 0 Å². The fourth-order valence-electron chi connectivity index (χ4n) is 5.68. The zero-order valence-corrected chi connectivity index (χ0v) is 28.1. The molecule has 6 rings (SSSR count). The Labute approximate surface area is 288 Å². The van der Waals surface area contributed by atoms with Gasteiger partial charge in [-0.05, 0) is 64.9 Å². The number of carboxylic acid groups (broad SMARTS) is 1. The molecule has 3 N–H and O–H groups in total. The molecule has 1 amide bonds. The van der Waals surface area contributed by atoms with E-state index in [0.717, 1.165) is 49.0 Å². The summed E-state index contributed by atoms with van der Waals surface area (Å²) >= 11 is 3.40. The average molecular weight is 683 g/mol. The third-order valence-electron chi connectivity index (χ3n) is 8.24. The molecule has 1 aliphatic heterocycles. The Morgan fingerprint density at radius 2 is 1.62 bits per heavy atom. The van der Waals surface area contributed by atoms with Crippen LogP contribution in [0.4, 0.5) is 0 Å². The van der Waals surface area contributed by atoms with Crippen molar-refractivity contribution in [3.63, 3.8) is 0 Å². The van der Waals surface area contributed by atoms with E-state index in [1.807, 2.05) is 72.8 Å². The first kappa shape index (κ1) is 33.8. The van der Waals surface area contributed by atoms with Crippen molar-refractivity contribution in [3.05, 3.63) is 119 Å². The Bertz CT molecular complexity index is 1810. The highest BCUT2D eigenvalue weighted by molar-refractivity contribution is 8.01. The highest BCUT2D eigenvalue weighted by Gasteiger charge is 2.32. The minimum atomic E-state index is -0.842. The Kier molecular flexibility index (Phi) is 11.5. The van der Waals surface area contributed by atoms with Crippen LogP contribution in [0.1, 0.15) is 66.8 Å². The molecular weight excluding hydrogens is 645 g/mol. The van der Waals surface area contributed by atoms with Gasteiger partial charge in [-0.15, -0.1) is 11.3 Å². The number of aliphatic hydroxyl groups is 1. The molecule has 1 aromatic heterocycles. The van der Waals surface area contributed by atoms with Crippen molar-refractivity contribution in [1.29, 1.82) is 0 Å². The quantitative estimate of drug-likeness (QED) is 0.0796. The molecule has 10 heteroatoms. The molecule has 5 aromatic rings. The van der Waals surface area contributed by atoms with Gasteiger partial charge >= 0.3 is 5.97 Å². The van der Waals surface area contributed by atoms with E-state index in [2.05, 4.69) is 29.6 Å². The molecule has 2 heterocycles. The normalized spacial score (nSPS) is 17.7. The second-order valence-electron chi connectivity index (χ2n) is 11.8. The summed E-state index contributed by atoms with van der Waals surface area (Å²) in [6.07, 6.45) is 1.27. The lowest BCUT2D eigenvalue weighted by Gasteiger charge is -2.36. The highest BCUT2D eigenvalue weighted by atomic mass is 32.2. The maximum absolute atomic E-state index is 12.3. The maximum atomic E-state index is 12.3. The number of carbonyl (C=O) groups excluding carboxylic acids is 1. The molecule has 0 aliphatic carbocycles. The maximum Gasteiger partial charge on any atom is 0.303 e. The molecule has 3 atom stereocenters. The van der Waals surface area contributed by atoms with Crippen molar-refractivity contribution in [2.45, 2.75) is 68.1 Å². The van der Waals surface area contributed by atoms with Gasteiger partial charge in [0.15, 0.2) is 10.6 Å². The minimum absolute atomic E-state index is 0.00602. The van der Waals surface area contributed by atoms with Gasteiger partial charge in [-0.3, -0.25) is 9.59 Å². The Morgan fingerprint density at radius 3 is 2.42 bits per heavy atom. The predicted octanol–water partition coefficient (Wildman–Crippen LogP) is 8.05. The van der Waals surface area contributed by atoms with E-state index in [4.69, 9.17) is 19.6 Å². The summed E-state index contributed by atoms with van der Waals surface area (Å²) in [5, 5.41) is 21.3. The molecule has 4 aromatic carbocycles. The molecule has 1 fully saturated rings. The number of aliphatic carboxylic acids is 1. The van der Waals surface area contributed by atoms with Crippen molar-refractivity contribution in [1.82, 2.24) is 10.3 Å². The fourth-order valence-corrected chi connectivity index (χ4v) is 7.79. The highest BCUT2D eigenvalue weighted by Crippen LogP contribution is 2.41. The summed E-state index contributed by atoms with van der Waals surface area (Å²) in [5.41, 5.74) is 6.82. The van der Waals surface area contributed by atoms with E-state index in [-0.39, 0.29) is 31.1 Å². The topological polar surface area (TPSA) is 118 Å². The number of nitrogens with one attached hydrogen (secondary N) is 1. The molecule has 0 bridgehead atoms. The van der Waals surface area contributed by atoms with E-state index in [0.29, 0.717) is 32.2 Å². The van der Waals surface area contributed by atoms with E-state index >= 15 is 0 Å². The second-order valence-corrected chi connectivity index (χ2v) is 14.1. The van der Waals surface area contributed by atoms with Gasteiger partial charge < -0.3 is 25.0 Å². The SMILES string of the molecule is O=C(O)CCCCC(=O)NCc1cccc(-c2cccc([C@H]3O[C@@H](CSc4nc5ccccc5s4)C[C@@H](c4ccc(CO)cc4)O3)c2)c1. The van der Waals surface area contributed by atoms with Crippen molar-refractivity contribution in [3.8, 4) is 11.1 Å². The van der Waals surface area contributed by atoms with Gasteiger partial charge in [0.1, 0.15) is 0 Å². The van der Waals surface area contributed by atoms with Crippen LogP contribution in [0.2, 0.25) is 0 Å². The number of benzene rings is 4. The zero-order valence-electron chi connectivity index (χ0n) is 26.4. The summed E-state index contributed by atoms with van der Waals surface area (Å²) in [6.45, 7) is 0.388. The van der Waals surface area contributed by atoms with Crippen LogP contribution in [-0.4, -0.2) is 38.9 Å². The fraction of sp³-hybridized carbons (Fsp3) is 0.289. The number of amides is 1. The van der Waals surface area contributed by atoms with Crippen LogP contribution in [0.3, 0.4) is 0 Å². The molecule has 248 valence electrons. The number of para-hydroxylation sites is 1. The van der Waals surface area contributed by atoms with Crippen LogP contribution in [0.15, 0.2) is 101 Å². The number of carboxylic acids is 1. The number of nitrogens with zero attached hydrogens (tertiary/aromatic N) is 1. The first-order valence-corrected chi connectivity index (χ1v) is 17.9. The molecule has 0 spiro atoms. The van der Waals surface area contributed by atoms with Gasteiger partial charge in [0.25, 0.3) is 0 Å². The summed E-state index contributed by atoms with van der Waals surface area (Å²) in [4.78, 5) is 27.8. The van der Waals surface area contributed by atoms with Gasteiger partial charge in [0.2, 0.25) is 5.91 Å². The molecular formula is C38H38N2O6S2. The number of unbranched alkanes of at least 4 members (excludes halogenated alkanes) is 1. The molecule has 48 heavy (non-hydrogen) atoms. The van der Waals surface area contributed by atoms with Crippen LogP contribution < -0.4 is 5.32 Å². The van der Waals surface area contributed by atoms with Crippen LogP contribution >= 0.6 is 23.1 Å². The largest absolute Gasteiger partial charge is 0.481 e. The van der Waals surface area contributed by atoms with E-state index in [9.17, 15) is 14.7 Å². The number of hydrogen-bond donors (Lipinski definition) is 3. The average Bonchev–Trinajstić information content (AvgIpc) is 3.55. The standard InChI is InChI=1S/C38H38N2O6S2/c41-23-25-15-17-27(18-16-25)33-21-31(24-47-38-40-32-11-1-2-12-34(32)48-38)45-37(46-33)30-10-6-9-29(20-30)28-8-5-7-26(19-28)22-39-35(42)13-3-4-14-36(43)44/h1-2,5-12,15-20,31,33,37,41H,3-4,13-14,21-24H2,(H,39,42)(H,43,44)/t31-,33+,37+/m1/s1. The number of ether oxygens (including phenoxy) is 2. The summed E-state index contributed by atoms with van der Waals surface area (Å²) < 4.78 is 15.4. The van der Waals surface area contributed by atoms with E-state index in [1.54, 1.807) is 23.1 Å². The van der Waals surface area contributed by atoms with Crippen LogP contribution in [0.25, 0.3) is 21.3 Å². The number of aliphatic hydroxyl groups excluding tert-OH is 1. The number of fused-ring (bicyclic) bond motifs is 1. The summed E-state index contributed by atoms with van der Waals surface area (Å²) in [7, 11) is 0. The molecule has 1 saturated heterocycles. The molecule has 8 nitrogen and oxygen atoms in total. The van der Waals surface area contributed by atoms with Crippen molar-refractivity contribution in [2.75, 3.05) is 5.75 Å². The molecule has 1 aliphatic rings. The van der Waals surface area contributed by atoms with Gasteiger partial charge in [-0.1, -0.05) is 84.6 Å². The predicted molar refractivity (Wildman–Crippen MR) is 189 cm³/mol. The van der Waals surface area contributed by atoms with E-state index < -0.39 is 12.3 Å². The summed E-state index contributed by atoms with van der Waals surface area (Å²) in [5.74, 6) is -0.195. The lowest BCUT2D eigenvalue weighted by atomic mass is 9.99. The smallest absolute Gasteiger partial charge is 0.303 e. The van der Waals surface area contributed by atoms with Crippen molar-refractivity contribution < 1.29 is 29.3 Å². The van der Waals surface area contributed by atoms with Gasteiger partial charge in [-0.2, -0.15) is 0 Å². The second kappa shape index (κ2) is 16.4. The number of aromatic nitrogens is 1. The van der Waals surface area contributed by atoms with Crippen LogP contribution in [0, 0.1) is 0 Å². The molecule has 0 saturated carbocycles. The molecule has 0 unspecified atom stereocenters. The first-order valence-electron chi connectivity index (χ1n) is 16.1. The number of thioether (sulfide) groups is 1. The van der Waals surface area contributed by atoms with Gasteiger partial charge in [0, 0.05) is 37.1 Å². The third-order valence-corrected chi connectivity index (χ3v) is 10.5. The minimum Gasteiger partial charge on any atom is -0.481 e. The van der Waals surface area contributed by atoms with Crippen LogP contribution in [0.5, 0.6) is 0 Å². The van der Waals surface area contributed by atoms with Gasteiger partial charge in [0.05, 0.1) is 29.0 Å². The monoisotopic (exact) mass is 682 g/mol. The van der Waals surface area contributed by atoms with Crippen molar-refractivity contribution >= 4 is 45.2 Å². The first-order chi connectivity index (χ1) is 23.4. The van der Waals surface area contributed by atoms with E-state index in [1.165, 1.54) is 4.70 Å². The number of hydrogen-bond acceptors (Lipinski definition) is 8. The van der Waals surface area contributed by atoms with Crippen LogP contribution in [-0.2, 0) is 32.2 Å². The third kappa shape index (κ3) is 9.09. The number of thiazole rings is 1. The summed E-state index contributed by atoms with van der Waals surface area (Å²) in [6, 6.07) is 32.3. The Hall–Kier alpha value is -4.06. The number of carbonyl (C=O) groups is 2. The Morgan fingerprint density at radius 1 is 0.854 bits per heavy atom. The Balaban J connectivity index is 1.15. The zero-order chi connectivity index (χ0) is 33.3. The lowest BCUT2D eigenvalue weighted by molar-refractivity contribution is -0.245.